The first-order chi connectivity index (χ1) is 10.6. The maximum atomic E-state index is 12.5. The lowest BCUT2D eigenvalue weighted by molar-refractivity contribution is -0.130. The Labute approximate surface area is 134 Å². The largest absolute Gasteiger partial charge is 0.493 e. The zero-order valence-corrected chi connectivity index (χ0v) is 13.7. The Kier molecular flexibility index (Phi) is 4.43. The van der Waals surface area contributed by atoms with Crippen molar-refractivity contribution in [2.24, 2.45) is 0 Å². The van der Waals surface area contributed by atoms with Crippen LogP contribution in [-0.4, -0.2) is 29.4 Å². The molecule has 5 heteroatoms. The molecule has 4 nitrogen and oxygen atoms in total. The number of thiazole rings is 1. The summed E-state index contributed by atoms with van der Waals surface area (Å²) in [4.78, 5) is 19.7. The third-order valence-corrected chi connectivity index (χ3v) is 5.07. The molecule has 1 aromatic carbocycles. The molecule has 0 bridgehead atoms. The minimum absolute atomic E-state index is 0.175. The number of para-hydroxylation sites is 1. The average Bonchev–Trinajstić information content (AvgIpc) is 2.93. The fourth-order valence-corrected chi connectivity index (χ4v) is 3.61. The normalized spacial score (nSPS) is 16.7. The number of hydrogen-bond acceptors (Lipinski definition) is 4. The van der Waals surface area contributed by atoms with Gasteiger partial charge in [-0.05, 0) is 30.9 Å². The Bertz CT molecular complexity index is 668. The van der Waals surface area contributed by atoms with Gasteiger partial charge in [-0.3, -0.25) is 4.79 Å². The Morgan fingerprint density at radius 2 is 2.27 bits per heavy atom. The second kappa shape index (κ2) is 6.48. The minimum atomic E-state index is 0.175. The molecule has 0 radical (unpaired) electrons. The van der Waals surface area contributed by atoms with Crippen molar-refractivity contribution in [2.45, 2.75) is 32.2 Å². The molecule has 1 aliphatic heterocycles. The van der Waals surface area contributed by atoms with E-state index in [1.54, 1.807) is 16.2 Å². The van der Waals surface area contributed by atoms with Crippen molar-refractivity contribution < 1.29 is 9.53 Å². The molecule has 0 saturated heterocycles. The maximum Gasteiger partial charge on any atom is 0.223 e. The second-order valence-electron chi connectivity index (χ2n) is 5.69. The van der Waals surface area contributed by atoms with Crippen LogP contribution < -0.4 is 4.74 Å². The molecule has 0 N–H and O–H groups in total. The lowest BCUT2D eigenvalue weighted by Gasteiger charge is -2.27. The summed E-state index contributed by atoms with van der Waals surface area (Å²) in [6.45, 7) is 3.31. The maximum absolute atomic E-state index is 12.5. The SMILES string of the molecule is Cc1ncsc1CN(C)C(=O)C[C@H]1CCOc2ccccc21. The van der Waals surface area contributed by atoms with Crippen LogP contribution >= 0.6 is 11.3 Å². The highest BCUT2D eigenvalue weighted by Crippen LogP contribution is 2.35. The summed E-state index contributed by atoms with van der Waals surface area (Å²) in [5.41, 5.74) is 4.00. The molecule has 0 saturated carbocycles. The molecule has 2 heterocycles. The van der Waals surface area contributed by atoms with E-state index in [9.17, 15) is 4.79 Å². The summed E-state index contributed by atoms with van der Waals surface area (Å²) in [7, 11) is 1.87. The van der Waals surface area contributed by atoms with E-state index in [-0.39, 0.29) is 11.8 Å². The van der Waals surface area contributed by atoms with Gasteiger partial charge in [-0.2, -0.15) is 0 Å². The molecule has 3 rings (SSSR count). The van der Waals surface area contributed by atoms with E-state index in [1.165, 1.54) is 0 Å². The molecule has 0 aliphatic carbocycles. The van der Waals surface area contributed by atoms with Gasteiger partial charge < -0.3 is 9.64 Å². The van der Waals surface area contributed by atoms with Crippen molar-refractivity contribution in [3.8, 4) is 5.75 Å². The van der Waals surface area contributed by atoms with Gasteiger partial charge in [-0.15, -0.1) is 11.3 Å². The molecule has 116 valence electrons. The highest BCUT2D eigenvalue weighted by molar-refractivity contribution is 7.09. The first-order valence-electron chi connectivity index (χ1n) is 7.50. The van der Waals surface area contributed by atoms with E-state index in [0.717, 1.165) is 28.3 Å². The van der Waals surface area contributed by atoms with E-state index in [0.29, 0.717) is 19.6 Å². The Morgan fingerprint density at radius 1 is 1.45 bits per heavy atom. The lowest BCUT2D eigenvalue weighted by atomic mass is 9.90. The van der Waals surface area contributed by atoms with Crippen LogP contribution in [0.4, 0.5) is 0 Å². The molecule has 0 fully saturated rings. The summed E-state index contributed by atoms with van der Waals surface area (Å²) < 4.78 is 5.67. The third-order valence-electron chi connectivity index (χ3n) is 4.16. The first kappa shape index (κ1) is 15.0. The predicted molar refractivity (Wildman–Crippen MR) is 87.2 cm³/mol. The van der Waals surface area contributed by atoms with Crippen LogP contribution in [0.15, 0.2) is 29.8 Å². The van der Waals surface area contributed by atoms with Crippen molar-refractivity contribution in [3.63, 3.8) is 0 Å². The Balaban J connectivity index is 1.66. The van der Waals surface area contributed by atoms with Gasteiger partial charge in [-0.1, -0.05) is 18.2 Å². The van der Waals surface area contributed by atoms with Gasteiger partial charge in [0.2, 0.25) is 5.91 Å². The summed E-state index contributed by atoms with van der Waals surface area (Å²) in [5, 5.41) is 0. The molecule has 2 aromatic rings. The monoisotopic (exact) mass is 316 g/mol. The number of rotatable bonds is 4. The average molecular weight is 316 g/mol. The zero-order valence-electron chi connectivity index (χ0n) is 12.9. The van der Waals surface area contributed by atoms with Gasteiger partial charge in [0.1, 0.15) is 5.75 Å². The number of ether oxygens (including phenoxy) is 1. The van der Waals surface area contributed by atoms with Gasteiger partial charge in [0, 0.05) is 18.3 Å². The number of fused-ring (bicyclic) bond motifs is 1. The minimum Gasteiger partial charge on any atom is -0.493 e. The topological polar surface area (TPSA) is 42.4 Å². The molecule has 1 amide bonds. The van der Waals surface area contributed by atoms with Crippen LogP contribution in [0, 0.1) is 6.92 Å². The van der Waals surface area contributed by atoms with E-state index in [4.69, 9.17) is 4.74 Å². The van der Waals surface area contributed by atoms with Crippen molar-refractivity contribution in [1.29, 1.82) is 0 Å². The highest BCUT2D eigenvalue weighted by atomic mass is 32.1. The summed E-state index contributed by atoms with van der Waals surface area (Å²) >= 11 is 1.60. The van der Waals surface area contributed by atoms with Gasteiger partial charge >= 0.3 is 0 Å². The van der Waals surface area contributed by atoms with Crippen LogP contribution in [0.1, 0.15) is 34.9 Å². The number of amides is 1. The summed E-state index contributed by atoms with van der Waals surface area (Å²) in [6, 6.07) is 8.03. The summed E-state index contributed by atoms with van der Waals surface area (Å²) in [5.74, 6) is 1.35. The smallest absolute Gasteiger partial charge is 0.223 e. The molecular weight excluding hydrogens is 296 g/mol. The van der Waals surface area contributed by atoms with E-state index < -0.39 is 0 Å². The van der Waals surface area contributed by atoms with Gasteiger partial charge in [0.05, 0.1) is 24.4 Å². The van der Waals surface area contributed by atoms with Crippen LogP contribution in [0.25, 0.3) is 0 Å². The van der Waals surface area contributed by atoms with Crippen LogP contribution in [0.5, 0.6) is 5.75 Å². The molecular formula is C17H20N2O2S. The molecule has 1 atom stereocenters. The Hall–Kier alpha value is -1.88. The van der Waals surface area contributed by atoms with Crippen molar-refractivity contribution in [2.75, 3.05) is 13.7 Å². The van der Waals surface area contributed by atoms with Gasteiger partial charge in [-0.25, -0.2) is 4.98 Å². The fraction of sp³-hybridized carbons (Fsp3) is 0.412. The number of carbonyl (C=O) groups excluding carboxylic acids is 1. The van der Waals surface area contributed by atoms with E-state index in [1.807, 2.05) is 37.7 Å². The van der Waals surface area contributed by atoms with Crippen molar-refractivity contribution in [3.05, 3.63) is 45.9 Å². The number of aryl methyl sites for hydroxylation is 1. The number of aromatic nitrogens is 1. The first-order valence-corrected chi connectivity index (χ1v) is 8.37. The van der Waals surface area contributed by atoms with Crippen molar-refractivity contribution in [1.82, 2.24) is 9.88 Å². The number of hydrogen-bond donors (Lipinski definition) is 0. The number of nitrogens with zero attached hydrogens (tertiary/aromatic N) is 2. The van der Waals surface area contributed by atoms with E-state index in [2.05, 4.69) is 11.1 Å². The number of benzene rings is 1. The summed E-state index contributed by atoms with van der Waals surface area (Å²) in [6.07, 6.45) is 1.44. The van der Waals surface area contributed by atoms with Crippen molar-refractivity contribution >= 4 is 17.2 Å². The zero-order chi connectivity index (χ0) is 15.5. The predicted octanol–water partition coefficient (Wildman–Crippen LogP) is 3.37. The number of carbonyl (C=O) groups is 1. The van der Waals surface area contributed by atoms with E-state index >= 15 is 0 Å². The van der Waals surface area contributed by atoms with Gasteiger partial charge in [0.15, 0.2) is 0 Å². The molecule has 1 aliphatic rings. The molecule has 1 aromatic heterocycles. The second-order valence-corrected chi connectivity index (χ2v) is 6.63. The molecule has 22 heavy (non-hydrogen) atoms. The molecule has 0 spiro atoms. The van der Waals surface area contributed by atoms with Crippen LogP contribution in [-0.2, 0) is 11.3 Å². The third kappa shape index (κ3) is 3.14. The van der Waals surface area contributed by atoms with Gasteiger partial charge in [0.25, 0.3) is 0 Å². The standard InChI is InChI=1S/C17H20N2O2S/c1-12-16(22-11-18-12)10-19(2)17(20)9-13-7-8-21-15-6-4-3-5-14(13)15/h3-6,11,13H,7-10H2,1-2H3/t13-/m1/s1. The van der Waals surface area contributed by atoms with Crippen LogP contribution in [0.2, 0.25) is 0 Å². The quantitative estimate of drug-likeness (QED) is 0.868. The van der Waals surface area contributed by atoms with Crippen LogP contribution in [0.3, 0.4) is 0 Å². The highest BCUT2D eigenvalue weighted by Gasteiger charge is 2.25. The molecule has 0 unspecified atom stereocenters. The lowest BCUT2D eigenvalue weighted by Crippen LogP contribution is -2.28. The fourth-order valence-electron chi connectivity index (χ4n) is 2.78. The Morgan fingerprint density at radius 3 is 3.05 bits per heavy atom.